The van der Waals surface area contributed by atoms with Gasteiger partial charge in [-0.2, -0.15) is 0 Å². The third-order valence-corrected chi connectivity index (χ3v) is 1.75. The molecule has 0 radical (unpaired) electrons. The molecule has 0 saturated carbocycles. The molecule has 3 N–H and O–H groups in total. The monoisotopic (exact) mass is 158 g/mol. The molecule has 0 aromatic carbocycles. The van der Waals surface area contributed by atoms with E-state index in [0.717, 1.165) is 0 Å². The van der Waals surface area contributed by atoms with E-state index < -0.39 is 18.2 Å². The smallest absolute Gasteiger partial charge is 0.331 e. The maximum Gasteiger partial charge on any atom is 0.331 e. The Bertz CT molecular complexity index is 197. The molecular formula is C7H10O4. The van der Waals surface area contributed by atoms with Gasteiger partial charge in [0.05, 0.1) is 12.2 Å². The number of aliphatic carboxylic acids is 1. The molecule has 4 nitrogen and oxygen atoms in total. The van der Waals surface area contributed by atoms with E-state index in [4.69, 9.17) is 15.3 Å². The summed E-state index contributed by atoms with van der Waals surface area (Å²) in [5.74, 6) is -1.02. The highest BCUT2D eigenvalue weighted by atomic mass is 16.4. The highest BCUT2D eigenvalue weighted by molar-refractivity contribution is 5.86. The largest absolute Gasteiger partial charge is 0.478 e. The molecule has 0 aromatic heterocycles. The first kappa shape index (κ1) is 8.23. The molecule has 0 heterocycles. The molecule has 1 aliphatic carbocycles. The third-order valence-electron chi connectivity index (χ3n) is 1.75. The van der Waals surface area contributed by atoms with E-state index >= 15 is 0 Å². The summed E-state index contributed by atoms with van der Waals surface area (Å²) in [6, 6.07) is 0. The van der Waals surface area contributed by atoms with Gasteiger partial charge in [-0.05, 0) is 18.9 Å². The molecular weight excluding hydrogens is 148 g/mol. The molecule has 2 atom stereocenters. The topological polar surface area (TPSA) is 77.8 Å². The Hall–Kier alpha value is -0.870. The molecule has 0 bridgehead atoms. The van der Waals surface area contributed by atoms with Crippen molar-refractivity contribution >= 4 is 5.97 Å². The summed E-state index contributed by atoms with van der Waals surface area (Å²) in [5.41, 5.74) is 0.183. The van der Waals surface area contributed by atoms with E-state index in [2.05, 4.69) is 0 Å². The second kappa shape index (κ2) is 3.02. The molecule has 1 aliphatic rings. The van der Waals surface area contributed by atoms with E-state index in [1.165, 1.54) is 6.08 Å². The highest BCUT2D eigenvalue weighted by Gasteiger charge is 2.23. The molecule has 0 aromatic rings. The summed E-state index contributed by atoms with van der Waals surface area (Å²) in [7, 11) is 0. The molecule has 0 spiro atoms. The van der Waals surface area contributed by atoms with Crippen LogP contribution in [0.1, 0.15) is 12.8 Å². The lowest BCUT2D eigenvalue weighted by atomic mass is 9.95. The number of hydrogen-bond donors (Lipinski definition) is 3. The fraction of sp³-hybridized carbons (Fsp3) is 0.571. The summed E-state index contributed by atoms with van der Waals surface area (Å²) in [6.45, 7) is 0. The molecule has 0 fully saturated rings. The Morgan fingerprint density at radius 3 is 2.64 bits per heavy atom. The second-order valence-electron chi connectivity index (χ2n) is 2.59. The number of aliphatic hydroxyl groups is 2. The summed E-state index contributed by atoms with van der Waals surface area (Å²) in [4.78, 5) is 10.3. The molecule has 4 heteroatoms. The average molecular weight is 158 g/mol. The molecule has 0 aliphatic heterocycles. The molecule has 1 rings (SSSR count). The molecule has 11 heavy (non-hydrogen) atoms. The van der Waals surface area contributed by atoms with Crippen molar-refractivity contribution in [2.75, 3.05) is 0 Å². The van der Waals surface area contributed by atoms with Crippen LogP contribution in [0.3, 0.4) is 0 Å². The van der Waals surface area contributed by atoms with Gasteiger partial charge in [-0.25, -0.2) is 4.79 Å². The van der Waals surface area contributed by atoms with E-state index in [0.29, 0.717) is 12.8 Å². The Morgan fingerprint density at radius 2 is 2.18 bits per heavy atom. The zero-order chi connectivity index (χ0) is 8.43. The van der Waals surface area contributed by atoms with Crippen LogP contribution in [0.5, 0.6) is 0 Å². The van der Waals surface area contributed by atoms with Gasteiger partial charge in [-0.15, -0.1) is 0 Å². The Balaban J connectivity index is 2.71. The molecule has 62 valence electrons. The van der Waals surface area contributed by atoms with Crippen molar-refractivity contribution in [3.05, 3.63) is 11.6 Å². The summed E-state index contributed by atoms with van der Waals surface area (Å²) in [5, 5.41) is 26.5. The summed E-state index contributed by atoms with van der Waals surface area (Å²) in [6.07, 6.45) is 0.0107. The predicted molar refractivity (Wildman–Crippen MR) is 37.0 cm³/mol. The molecule has 0 saturated heterocycles. The van der Waals surface area contributed by atoms with Crippen molar-refractivity contribution in [3.8, 4) is 0 Å². The predicted octanol–water partition coefficient (Wildman–Crippen LogP) is -0.487. The normalized spacial score (nSPS) is 31.3. The van der Waals surface area contributed by atoms with Crippen LogP contribution in [-0.4, -0.2) is 33.5 Å². The number of carboxylic acids is 1. The third kappa shape index (κ3) is 1.78. The van der Waals surface area contributed by atoms with Gasteiger partial charge in [0, 0.05) is 5.57 Å². The zero-order valence-electron chi connectivity index (χ0n) is 5.90. The van der Waals surface area contributed by atoms with E-state index in [1.807, 2.05) is 0 Å². The Labute approximate surface area is 63.8 Å². The van der Waals surface area contributed by atoms with Crippen molar-refractivity contribution in [3.63, 3.8) is 0 Å². The van der Waals surface area contributed by atoms with Gasteiger partial charge in [0.15, 0.2) is 0 Å². The minimum Gasteiger partial charge on any atom is -0.478 e. The van der Waals surface area contributed by atoms with Crippen molar-refractivity contribution in [1.29, 1.82) is 0 Å². The van der Waals surface area contributed by atoms with Gasteiger partial charge in [-0.1, -0.05) is 0 Å². The summed E-state index contributed by atoms with van der Waals surface area (Å²) >= 11 is 0. The minimum atomic E-state index is -1.02. The van der Waals surface area contributed by atoms with Crippen LogP contribution in [0, 0.1) is 0 Å². The van der Waals surface area contributed by atoms with Crippen molar-refractivity contribution in [2.45, 2.75) is 25.0 Å². The highest BCUT2D eigenvalue weighted by Crippen LogP contribution is 2.18. The standard InChI is InChI=1S/C7H10O4/c8-5-2-1-4(7(10)11)3-6(5)9/h3,5-6,8-9H,1-2H2,(H,10,11)/t5-,6+/m1/s1. The SMILES string of the molecule is O=C(O)C1=C[C@H](O)[C@H](O)CC1. The Morgan fingerprint density at radius 1 is 1.55 bits per heavy atom. The maximum absolute atomic E-state index is 10.3. The first-order valence-electron chi connectivity index (χ1n) is 3.41. The van der Waals surface area contributed by atoms with Gasteiger partial charge in [0.2, 0.25) is 0 Å². The van der Waals surface area contributed by atoms with Crippen LogP contribution in [0.2, 0.25) is 0 Å². The lowest BCUT2D eigenvalue weighted by molar-refractivity contribution is -0.133. The fourth-order valence-corrected chi connectivity index (χ4v) is 1.05. The van der Waals surface area contributed by atoms with Gasteiger partial charge in [-0.3, -0.25) is 0 Å². The maximum atomic E-state index is 10.3. The fourth-order valence-electron chi connectivity index (χ4n) is 1.05. The zero-order valence-corrected chi connectivity index (χ0v) is 5.90. The first-order chi connectivity index (χ1) is 5.11. The van der Waals surface area contributed by atoms with Gasteiger partial charge in [0.25, 0.3) is 0 Å². The van der Waals surface area contributed by atoms with Crippen LogP contribution in [0.4, 0.5) is 0 Å². The quantitative estimate of drug-likeness (QED) is 0.481. The van der Waals surface area contributed by atoms with Crippen molar-refractivity contribution < 1.29 is 20.1 Å². The first-order valence-corrected chi connectivity index (χ1v) is 3.41. The van der Waals surface area contributed by atoms with Gasteiger partial charge >= 0.3 is 5.97 Å². The number of rotatable bonds is 1. The van der Waals surface area contributed by atoms with Crippen LogP contribution >= 0.6 is 0 Å². The lowest BCUT2D eigenvalue weighted by Gasteiger charge is -2.20. The molecule has 0 unspecified atom stereocenters. The second-order valence-corrected chi connectivity index (χ2v) is 2.59. The van der Waals surface area contributed by atoms with Crippen LogP contribution in [0.15, 0.2) is 11.6 Å². The van der Waals surface area contributed by atoms with Crippen LogP contribution in [0.25, 0.3) is 0 Å². The lowest BCUT2D eigenvalue weighted by Crippen LogP contribution is -2.28. The van der Waals surface area contributed by atoms with Crippen LogP contribution in [-0.2, 0) is 4.79 Å². The van der Waals surface area contributed by atoms with Crippen molar-refractivity contribution in [2.24, 2.45) is 0 Å². The summed E-state index contributed by atoms with van der Waals surface area (Å²) < 4.78 is 0. The number of hydrogen-bond acceptors (Lipinski definition) is 3. The van der Waals surface area contributed by atoms with E-state index in [9.17, 15) is 4.79 Å². The van der Waals surface area contributed by atoms with E-state index in [1.54, 1.807) is 0 Å². The number of aliphatic hydroxyl groups excluding tert-OH is 2. The van der Waals surface area contributed by atoms with Gasteiger partial charge < -0.3 is 15.3 Å². The minimum absolute atomic E-state index is 0.183. The van der Waals surface area contributed by atoms with Crippen molar-refractivity contribution in [1.82, 2.24) is 0 Å². The van der Waals surface area contributed by atoms with Crippen LogP contribution < -0.4 is 0 Å². The number of carboxylic acid groups (broad SMARTS) is 1. The van der Waals surface area contributed by atoms with Gasteiger partial charge in [0.1, 0.15) is 0 Å². The van der Waals surface area contributed by atoms with E-state index in [-0.39, 0.29) is 5.57 Å². The Kier molecular flexibility index (Phi) is 2.26. The molecule has 0 amide bonds. The number of carbonyl (C=O) groups is 1. The average Bonchev–Trinajstić information content (AvgIpc) is 1.94.